The van der Waals surface area contributed by atoms with Crippen LogP contribution < -0.4 is 5.73 Å². The fourth-order valence-corrected chi connectivity index (χ4v) is 4.02. The molecule has 5 N–H and O–H groups in total. The summed E-state index contributed by atoms with van der Waals surface area (Å²) in [5.74, 6) is 0.0421. The van der Waals surface area contributed by atoms with Gasteiger partial charge < -0.3 is 25.8 Å². The maximum atomic E-state index is 12.4. The molecule has 0 radical (unpaired) electrons. The minimum atomic E-state index is -1.28. The van der Waals surface area contributed by atoms with Gasteiger partial charge in [-0.15, -0.1) is 0 Å². The van der Waals surface area contributed by atoms with Crippen molar-refractivity contribution in [1.82, 2.24) is 19.5 Å². The van der Waals surface area contributed by atoms with Crippen LogP contribution in [-0.4, -0.2) is 71.3 Å². The van der Waals surface area contributed by atoms with Gasteiger partial charge in [-0.1, -0.05) is 42.1 Å². The summed E-state index contributed by atoms with van der Waals surface area (Å²) in [6.45, 7) is -0.443. The van der Waals surface area contributed by atoms with Crippen LogP contribution in [0.1, 0.15) is 16.6 Å². The SMILES string of the molecule is Nc1nc(SCC(=O)c2ccccc2)c2ncn([C@@H]3O[C@H](CO)[C@@H](O)[C@H]3O)c2n1. The van der Waals surface area contributed by atoms with Crippen molar-refractivity contribution in [1.29, 1.82) is 0 Å². The van der Waals surface area contributed by atoms with Gasteiger partial charge in [-0.25, -0.2) is 9.97 Å². The van der Waals surface area contributed by atoms with E-state index in [-0.39, 0.29) is 17.5 Å². The van der Waals surface area contributed by atoms with Crippen molar-refractivity contribution >= 4 is 34.7 Å². The number of thioether (sulfide) groups is 1. The van der Waals surface area contributed by atoms with Gasteiger partial charge in [0, 0.05) is 5.56 Å². The van der Waals surface area contributed by atoms with Crippen molar-refractivity contribution in [3.05, 3.63) is 42.2 Å². The molecule has 1 saturated heterocycles. The zero-order valence-corrected chi connectivity index (χ0v) is 15.9. The van der Waals surface area contributed by atoms with Crippen molar-refractivity contribution in [3.8, 4) is 0 Å². The number of nitrogens with two attached hydrogens (primary N) is 1. The number of fused-ring (bicyclic) bond motifs is 1. The van der Waals surface area contributed by atoms with Crippen LogP contribution in [0, 0.1) is 0 Å². The number of aliphatic hydroxyl groups is 3. The summed E-state index contributed by atoms with van der Waals surface area (Å²) in [6.07, 6.45) is -3.06. The summed E-state index contributed by atoms with van der Waals surface area (Å²) >= 11 is 1.18. The van der Waals surface area contributed by atoms with E-state index in [4.69, 9.17) is 10.5 Å². The quantitative estimate of drug-likeness (QED) is 0.244. The summed E-state index contributed by atoms with van der Waals surface area (Å²) in [4.78, 5) is 25.0. The molecular formula is C18H19N5O5S. The second kappa shape index (κ2) is 8.05. The first kappa shape index (κ1) is 19.7. The number of hydrogen-bond donors (Lipinski definition) is 4. The molecule has 10 nitrogen and oxygen atoms in total. The molecule has 11 heteroatoms. The molecule has 29 heavy (non-hydrogen) atoms. The summed E-state index contributed by atoms with van der Waals surface area (Å²) in [5, 5.41) is 30.0. The Morgan fingerprint density at radius 1 is 1.21 bits per heavy atom. The molecule has 1 aliphatic heterocycles. The molecule has 1 aliphatic rings. The maximum absolute atomic E-state index is 12.4. The standard InChI is InChI=1S/C18H19N5O5S/c19-18-21-15-12(16(22-18)29-7-10(25)9-4-2-1-3-5-9)20-8-23(15)17-14(27)13(26)11(6-24)28-17/h1-5,8,11,13-14,17,24,26-27H,6-7H2,(H2,19,21,22)/t11-,13-,14-,17-/m1/s1. The highest BCUT2D eigenvalue weighted by molar-refractivity contribution is 8.00. The number of aromatic nitrogens is 4. The minimum Gasteiger partial charge on any atom is -0.394 e. The molecule has 4 rings (SSSR count). The van der Waals surface area contributed by atoms with Gasteiger partial charge in [0.1, 0.15) is 28.9 Å². The molecule has 4 atom stereocenters. The lowest BCUT2D eigenvalue weighted by Gasteiger charge is -2.16. The number of benzene rings is 1. The normalized spacial score (nSPS) is 24.2. The number of carbonyl (C=O) groups excluding carboxylic acids is 1. The molecule has 152 valence electrons. The molecule has 2 aromatic heterocycles. The molecule has 1 aromatic carbocycles. The Balaban J connectivity index is 1.61. The predicted octanol–water partition coefficient (Wildman–Crippen LogP) is -0.00500. The van der Waals surface area contributed by atoms with Crippen LogP contribution in [0.5, 0.6) is 0 Å². The van der Waals surface area contributed by atoms with Gasteiger partial charge in [0.25, 0.3) is 0 Å². The molecule has 0 aliphatic carbocycles. The molecule has 0 spiro atoms. The van der Waals surface area contributed by atoms with Crippen LogP contribution in [0.25, 0.3) is 11.2 Å². The van der Waals surface area contributed by atoms with Crippen molar-refractivity contribution in [2.75, 3.05) is 18.1 Å². The monoisotopic (exact) mass is 417 g/mol. The molecule has 0 amide bonds. The number of ketones is 1. The summed E-state index contributed by atoms with van der Waals surface area (Å²) in [7, 11) is 0. The van der Waals surface area contributed by atoms with Crippen LogP contribution in [-0.2, 0) is 4.74 Å². The van der Waals surface area contributed by atoms with Crippen molar-refractivity contribution in [2.45, 2.75) is 29.6 Å². The molecule has 0 saturated carbocycles. The van der Waals surface area contributed by atoms with Crippen LogP contribution in [0.15, 0.2) is 41.7 Å². The lowest BCUT2D eigenvalue weighted by molar-refractivity contribution is -0.0511. The van der Waals surface area contributed by atoms with Crippen LogP contribution in [0.2, 0.25) is 0 Å². The molecule has 3 heterocycles. The van der Waals surface area contributed by atoms with E-state index in [9.17, 15) is 20.1 Å². The fraction of sp³-hybridized carbons (Fsp3) is 0.333. The molecule has 1 fully saturated rings. The number of carbonyl (C=O) groups is 1. The van der Waals surface area contributed by atoms with Gasteiger partial charge in [-0.3, -0.25) is 9.36 Å². The molecular weight excluding hydrogens is 398 g/mol. The molecule has 0 unspecified atom stereocenters. The Bertz CT molecular complexity index is 1030. The van der Waals surface area contributed by atoms with E-state index < -0.39 is 31.1 Å². The molecule has 3 aromatic rings. The first-order valence-electron chi connectivity index (χ1n) is 8.83. The van der Waals surface area contributed by atoms with E-state index in [0.29, 0.717) is 21.8 Å². The Kier molecular flexibility index (Phi) is 5.48. The number of nitrogens with zero attached hydrogens (tertiary/aromatic N) is 4. The Morgan fingerprint density at radius 3 is 2.66 bits per heavy atom. The van der Waals surface area contributed by atoms with Gasteiger partial charge in [0.15, 0.2) is 17.7 Å². The lowest BCUT2D eigenvalue weighted by atomic mass is 10.1. The molecule has 0 bridgehead atoms. The number of hydrogen-bond acceptors (Lipinski definition) is 10. The van der Waals surface area contributed by atoms with E-state index in [1.54, 1.807) is 24.3 Å². The second-order valence-corrected chi connectivity index (χ2v) is 7.48. The third-order valence-corrected chi connectivity index (χ3v) is 5.60. The maximum Gasteiger partial charge on any atom is 0.223 e. The fourth-order valence-electron chi connectivity index (χ4n) is 3.14. The van der Waals surface area contributed by atoms with Gasteiger partial charge in [0.05, 0.1) is 18.7 Å². The van der Waals surface area contributed by atoms with Crippen LogP contribution in [0.4, 0.5) is 5.95 Å². The van der Waals surface area contributed by atoms with Crippen LogP contribution in [0.3, 0.4) is 0 Å². The highest BCUT2D eigenvalue weighted by Crippen LogP contribution is 2.33. The van der Waals surface area contributed by atoms with E-state index in [0.717, 1.165) is 0 Å². The van der Waals surface area contributed by atoms with Crippen molar-refractivity contribution in [3.63, 3.8) is 0 Å². The van der Waals surface area contributed by atoms with E-state index in [2.05, 4.69) is 15.0 Å². The number of imidazole rings is 1. The average molecular weight is 417 g/mol. The first-order chi connectivity index (χ1) is 14.0. The third-order valence-electron chi connectivity index (χ3n) is 4.63. The topological polar surface area (TPSA) is 157 Å². The largest absolute Gasteiger partial charge is 0.394 e. The summed E-state index contributed by atoms with van der Waals surface area (Å²) in [6, 6.07) is 8.90. The van der Waals surface area contributed by atoms with Crippen molar-refractivity contribution < 1.29 is 24.9 Å². The first-order valence-corrected chi connectivity index (χ1v) is 9.81. The predicted molar refractivity (Wildman–Crippen MR) is 104 cm³/mol. The number of ether oxygens (including phenoxy) is 1. The van der Waals surface area contributed by atoms with Gasteiger partial charge >= 0.3 is 0 Å². The smallest absolute Gasteiger partial charge is 0.223 e. The summed E-state index contributed by atoms with van der Waals surface area (Å²) in [5.41, 5.74) is 7.11. The zero-order chi connectivity index (χ0) is 20.5. The Hall–Kier alpha value is -2.57. The van der Waals surface area contributed by atoms with Gasteiger partial charge in [-0.05, 0) is 0 Å². The zero-order valence-electron chi connectivity index (χ0n) is 15.1. The number of Topliss-reactive ketones (excluding diaryl/α,β-unsaturated/α-hetero) is 1. The third kappa shape index (κ3) is 3.70. The number of nitrogen functional groups attached to an aromatic ring is 1. The number of rotatable bonds is 6. The Labute approximate surface area is 169 Å². The average Bonchev–Trinajstić information content (AvgIpc) is 3.27. The second-order valence-electron chi connectivity index (χ2n) is 6.52. The van der Waals surface area contributed by atoms with Crippen molar-refractivity contribution in [2.24, 2.45) is 0 Å². The number of aliphatic hydroxyl groups excluding tert-OH is 3. The van der Waals surface area contributed by atoms with E-state index >= 15 is 0 Å². The highest BCUT2D eigenvalue weighted by Gasteiger charge is 2.44. The van der Waals surface area contributed by atoms with Gasteiger partial charge in [0.2, 0.25) is 5.95 Å². The minimum absolute atomic E-state index is 0.0272. The lowest BCUT2D eigenvalue weighted by Crippen LogP contribution is -2.33. The van der Waals surface area contributed by atoms with E-state index in [1.165, 1.54) is 22.7 Å². The van der Waals surface area contributed by atoms with E-state index in [1.807, 2.05) is 6.07 Å². The van der Waals surface area contributed by atoms with Crippen LogP contribution >= 0.6 is 11.8 Å². The van der Waals surface area contributed by atoms with Gasteiger partial charge in [-0.2, -0.15) is 4.98 Å². The Morgan fingerprint density at radius 2 is 1.97 bits per heavy atom. The highest BCUT2D eigenvalue weighted by atomic mass is 32.2. The summed E-state index contributed by atoms with van der Waals surface area (Å²) < 4.78 is 6.96. The number of anilines is 1.